The number of thiol groups is 1. The lowest BCUT2D eigenvalue weighted by molar-refractivity contribution is -0.274. The number of anilines is 1. The van der Waals surface area contributed by atoms with Crippen LogP contribution in [0, 0.1) is 0 Å². The number of carbonyl (C=O) groups excluding carboxylic acids is 1. The first-order chi connectivity index (χ1) is 9.33. The topological polar surface area (TPSA) is 38.3 Å². The largest absolute Gasteiger partial charge is 0.573 e. The minimum absolute atomic E-state index is 0.343. The van der Waals surface area contributed by atoms with Gasteiger partial charge in [-0.05, 0) is 30.3 Å². The zero-order chi connectivity index (χ0) is 14.8. The molecule has 106 valence electrons. The van der Waals surface area contributed by atoms with Crippen LogP contribution in [0.15, 0.2) is 40.6 Å². The van der Waals surface area contributed by atoms with Gasteiger partial charge in [-0.2, -0.15) is 0 Å². The molecule has 3 nitrogen and oxygen atoms in total. The summed E-state index contributed by atoms with van der Waals surface area (Å²) in [7, 11) is 0. The molecule has 0 radical (unpaired) electrons. The average Bonchev–Trinajstić information content (AvgIpc) is 2.77. The van der Waals surface area contributed by atoms with E-state index in [4.69, 9.17) is 0 Å². The number of alkyl halides is 3. The van der Waals surface area contributed by atoms with E-state index in [-0.39, 0.29) is 11.7 Å². The molecule has 1 amide bonds. The molecule has 0 saturated heterocycles. The van der Waals surface area contributed by atoms with E-state index in [1.165, 1.54) is 23.5 Å². The number of ether oxygens (including phenoxy) is 1. The Morgan fingerprint density at radius 2 is 1.90 bits per heavy atom. The van der Waals surface area contributed by atoms with Gasteiger partial charge >= 0.3 is 6.36 Å². The molecule has 0 unspecified atom stereocenters. The molecule has 1 aromatic heterocycles. The maximum atomic E-state index is 12.0. The summed E-state index contributed by atoms with van der Waals surface area (Å²) in [5.74, 6) is -0.691. The molecule has 20 heavy (non-hydrogen) atoms. The molecular formula is C12H8F3NO2S2. The normalized spacial score (nSPS) is 11.2. The van der Waals surface area contributed by atoms with Crippen LogP contribution in [0.3, 0.4) is 0 Å². The molecule has 0 bridgehead atoms. The van der Waals surface area contributed by atoms with E-state index in [1.54, 1.807) is 11.4 Å². The molecule has 8 heteroatoms. The van der Waals surface area contributed by atoms with Crippen LogP contribution in [-0.2, 0) is 0 Å². The minimum atomic E-state index is -4.73. The first-order valence-electron chi connectivity index (χ1n) is 5.28. The molecule has 0 spiro atoms. The molecule has 2 aromatic rings. The Morgan fingerprint density at radius 3 is 2.40 bits per heavy atom. The van der Waals surface area contributed by atoms with E-state index >= 15 is 0 Å². The lowest BCUT2D eigenvalue weighted by atomic mass is 10.3. The quantitative estimate of drug-likeness (QED) is 0.833. The van der Waals surface area contributed by atoms with Crippen LogP contribution >= 0.6 is 24.0 Å². The lowest BCUT2D eigenvalue weighted by Crippen LogP contribution is -2.17. The van der Waals surface area contributed by atoms with Gasteiger partial charge in [0.2, 0.25) is 0 Å². The number of rotatable bonds is 3. The van der Waals surface area contributed by atoms with Crippen LogP contribution in [-0.4, -0.2) is 12.3 Å². The zero-order valence-electron chi connectivity index (χ0n) is 9.77. The van der Waals surface area contributed by atoms with Gasteiger partial charge in [0.1, 0.15) is 5.75 Å². The summed E-state index contributed by atoms with van der Waals surface area (Å²) in [5, 5.41) is 4.27. The predicted octanol–water partition coefficient (Wildman–Crippen LogP) is 4.19. The number of nitrogens with one attached hydrogen (secondary N) is 1. The molecule has 2 rings (SSSR count). The molecule has 0 aliphatic carbocycles. The Hall–Kier alpha value is -1.67. The third kappa shape index (κ3) is 4.17. The van der Waals surface area contributed by atoms with E-state index in [0.29, 0.717) is 15.5 Å². The van der Waals surface area contributed by atoms with Crippen molar-refractivity contribution in [3.63, 3.8) is 0 Å². The van der Waals surface area contributed by atoms with E-state index in [0.717, 1.165) is 12.1 Å². The van der Waals surface area contributed by atoms with Crippen LogP contribution in [0.1, 0.15) is 9.67 Å². The maximum absolute atomic E-state index is 12.0. The highest BCUT2D eigenvalue weighted by Gasteiger charge is 2.30. The van der Waals surface area contributed by atoms with Crippen LogP contribution in [0.2, 0.25) is 0 Å². The van der Waals surface area contributed by atoms with Gasteiger partial charge in [-0.3, -0.25) is 4.79 Å². The Kier molecular flexibility index (Phi) is 4.24. The summed E-state index contributed by atoms with van der Waals surface area (Å²) >= 11 is 5.31. The number of thiophene rings is 1. The molecule has 1 N–H and O–H groups in total. The van der Waals surface area contributed by atoms with Crippen molar-refractivity contribution < 1.29 is 22.7 Å². The summed E-state index contributed by atoms with van der Waals surface area (Å²) in [6.07, 6.45) is -4.73. The summed E-state index contributed by atoms with van der Waals surface area (Å²) < 4.78 is 39.7. The third-order valence-corrected chi connectivity index (χ3v) is 3.52. The maximum Gasteiger partial charge on any atom is 0.573 e. The van der Waals surface area contributed by atoms with Gasteiger partial charge in [0.05, 0.1) is 4.88 Å². The second-order valence-electron chi connectivity index (χ2n) is 3.70. The van der Waals surface area contributed by atoms with E-state index in [1.807, 2.05) is 0 Å². The van der Waals surface area contributed by atoms with Crippen LogP contribution < -0.4 is 10.1 Å². The highest BCUT2D eigenvalue weighted by Crippen LogP contribution is 2.24. The minimum Gasteiger partial charge on any atom is -0.406 e. The molecule has 1 aromatic carbocycles. The molecule has 0 atom stereocenters. The molecule has 1 heterocycles. The lowest BCUT2D eigenvalue weighted by Gasteiger charge is -2.09. The summed E-state index contributed by atoms with van der Waals surface area (Å²) in [5.41, 5.74) is 0.374. The molecule has 0 fully saturated rings. The number of hydrogen-bond donors (Lipinski definition) is 2. The average molecular weight is 319 g/mol. The molecule has 0 aliphatic heterocycles. The van der Waals surface area contributed by atoms with Crippen molar-refractivity contribution in [2.24, 2.45) is 0 Å². The second kappa shape index (κ2) is 5.76. The molecular weight excluding hydrogens is 311 g/mol. The number of carbonyl (C=O) groups is 1. The Labute approximate surface area is 121 Å². The van der Waals surface area contributed by atoms with Crippen molar-refractivity contribution in [2.45, 2.75) is 11.3 Å². The monoisotopic (exact) mass is 319 g/mol. The van der Waals surface area contributed by atoms with Crippen LogP contribution in [0.4, 0.5) is 18.9 Å². The van der Waals surface area contributed by atoms with E-state index in [2.05, 4.69) is 22.7 Å². The van der Waals surface area contributed by atoms with Gasteiger partial charge in [0.15, 0.2) is 0 Å². The first kappa shape index (κ1) is 14.7. The number of benzene rings is 1. The summed E-state index contributed by atoms with van der Waals surface area (Å²) in [6, 6.07) is 6.51. The fraction of sp³-hybridized carbons (Fsp3) is 0.0833. The standard InChI is InChI=1S/C12H8F3NO2S2/c13-12(14,15)18-8-3-1-7(2-4-8)16-11(17)10-5-9(19)6-20-10/h1-6,19H,(H,16,17). The molecule has 0 saturated carbocycles. The number of halogens is 3. The fourth-order valence-electron chi connectivity index (χ4n) is 1.38. The van der Waals surface area contributed by atoms with Gasteiger partial charge in [-0.1, -0.05) is 0 Å². The third-order valence-electron chi connectivity index (χ3n) is 2.16. The van der Waals surface area contributed by atoms with Crippen molar-refractivity contribution in [2.75, 3.05) is 5.32 Å². The van der Waals surface area contributed by atoms with Gasteiger partial charge in [-0.25, -0.2) is 0 Å². The fourth-order valence-corrected chi connectivity index (χ4v) is 2.42. The highest BCUT2D eigenvalue weighted by atomic mass is 32.1. The highest BCUT2D eigenvalue weighted by molar-refractivity contribution is 7.80. The van der Waals surface area contributed by atoms with Gasteiger partial charge in [0, 0.05) is 16.0 Å². The first-order valence-corrected chi connectivity index (χ1v) is 6.61. The summed E-state index contributed by atoms with van der Waals surface area (Å²) in [6.45, 7) is 0. The van der Waals surface area contributed by atoms with Crippen LogP contribution in [0.25, 0.3) is 0 Å². The van der Waals surface area contributed by atoms with Crippen molar-refractivity contribution in [1.82, 2.24) is 0 Å². The predicted molar refractivity (Wildman–Crippen MR) is 72.6 cm³/mol. The SMILES string of the molecule is O=C(Nc1ccc(OC(F)(F)F)cc1)c1cc(S)cs1. The van der Waals surface area contributed by atoms with Crippen molar-refractivity contribution in [3.8, 4) is 5.75 Å². The van der Waals surface area contributed by atoms with Crippen molar-refractivity contribution in [3.05, 3.63) is 40.6 Å². The second-order valence-corrected chi connectivity index (χ2v) is 5.12. The van der Waals surface area contributed by atoms with Gasteiger partial charge < -0.3 is 10.1 Å². The van der Waals surface area contributed by atoms with Gasteiger partial charge in [0.25, 0.3) is 5.91 Å². The molecule has 0 aliphatic rings. The Balaban J connectivity index is 2.02. The van der Waals surface area contributed by atoms with Crippen molar-refractivity contribution in [1.29, 1.82) is 0 Å². The van der Waals surface area contributed by atoms with Gasteiger partial charge in [-0.15, -0.1) is 37.1 Å². The zero-order valence-corrected chi connectivity index (χ0v) is 11.5. The van der Waals surface area contributed by atoms with Crippen LogP contribution in [0.5, 0.6) is 5.75 Å². The Bertz CT molecular complexity index is 608. The number of amides is 1. The van der Waals surface area contributed by atoms with E-state index in [9.17, 15) is 18.0 Å². The van der Waals surface area contributed by atoms with E-state index < -0.39 is 6.36 Å². The summed E-state index contributed by atoms with van der Waals surface area (Å²) in [4.78, 5) is 12.9. The van der Waals surface area contributed by atoms with Crippen molar-refractivity contribution >= 4 is 35.6 Å². The smallest absolute Gasteiger partial charge is 0.406 e. The number of hydrogen-bond acceptors (Lipinski definition) is 4. The Morgan fingerprint density at radius 1 is 1.25 bits per heavy atom.